The van der Waals surface area contributed by atoms with Gasteiger partial charge in [0.05, 0.1) is 0 Å². The number of rotatable bonds is 6. The fourth-order valence-electron chi connectivity index (χ4n) is 2.61. The van der Waals surface area contributed by atoms with Gasteiger partial charge in [0.1, 0.15) is 0 Å². The van der Waals surface area contributed by atoms with Crippen LogP contribution in [0.15, 0.2) is 35.5 Å². The fraction of sp³-hybridized carbons (Fsp3) is 0.368. The lowest BCUT2D eigenvalue weighted by molar-refractivity contribution is 0.0948. The van der Waals surface area contributed by atoms with Gasteiger partial charge in [-0.3, -0.25) is 4.79 Å². The van der Waals surface area contributed by atoms with Crippen LogP contribution in [0.25, 0.3) is 5.78 Å². The third-order valence-electron chi connectivity index (χ3n) is 3.89. The molecule has 7 heteroatoms. The van der Waals surface area contributed by atoms with Crippen molar-refractivity contribution in [3.63, 3.8) is 0 Å². The van der Waals surface area contributed by atoms with E-state index < -0.39 is 0 Å². The summed E-state index contributed by atoms with van der Waals surface area (Å²) in [6.45, 7) is 8.75. The smallest absolute Gasteiger partial charge is 0.253 e. The van der Waals surface area contributed by atoms with Crippen LogP contribution in [0.4, 0.5) is 0 Å². The summed E-state index contributed by atoms with van der Waals surface area (Å²) in [6, 6.07) is 9.64. The third kappa shape index (κ3) is 4.22. The number of aryl methyl sites for hydroxylation is 2. The predicted molar refractivity (Wildman–Crippen MR) is 103 cm³/mol. The fourth-order valence-corrected chi connectivity index (χ4v) is 3.43. The minimum atomic E-state index is -0.0361. The van der Waals surface area contributed by atoms with Crippen LogP contribution in [0.3, 0.4) is 0 Å². The second-order valence-electron chi connectivity index (χ2n) is 6.69. The van der Waals surface area contributed by atoms with Gasteiger partial charge in [0.15, 0.2) is 0 Å². The van der Waals surface area contributed by atoms with Crippen LogP contribution < -0.4 is 5.32 Å². The molecule has 0 aliphatic rings. The third-order valence-corrected chi connectivity index (χ3v) is 4.77. The minimum absolute atomic E-state index is 0.0361. The molecular weight excluding hydrogens is 346 g/mol. The Kier molecular flexibility index (Phi) is 5.56. The molecular formula is C19H23N5OS. The van der Waals surface area contributed by atoms with Crippen LogP contribution in [0.5, 0.6) is 0 Å². The number of thioether (sulfide) groups is 1. The maximum absolute atomic E-state index is 12.4. The molecule has 1 N–H and O–H groups in total. The van der Waals surface area contributed by atoms with Gasteiger partial charge >= 0.3 is 0 Å². The highest BCUT2D eigenvalue weighted by Crippen LogP contribution is 2.22. The van der Waals surface area contributed by atoms with Gasteiger partial charge in [-0.15, -0.1) is 5.10 Å². The van der Waals surface area contributed by atoms with E-state index in [0.717, 1.165) is 17.0 Å². The summed E-state index contributed by atoms with van der Waals surface area (Å²) in [5, 5.41) is 8.14. The minimum Gasteiger partial charge on any atom is -0.352 e. The largest absolute Gasteiger partial charge is 0.352 e. The molecule has 26 heavy (non-hydrogen) atoms. The zero-order chi connectivity index (χ0) is 18.7. The number of carbonyl (C=O) groups is 1. The van der Waals surface area contributed by atoms with E-state index in [1.807, 2.05) is 44.2 Å². The number of carbonyl (C=O) groups excluding carboxylic acids is 1. The quantitative estimate of drug-likeness (QED) is 0.674. The second-order valence-corrected chi connectivity index (χ2v) is 7.64. The molecule has 0 fully saturated rings. The number of aromatic nitrogens is 4. The number of nitrogens with one attached hydrogen (secondary N) is 1. The van der Waals surface area contributed by atoms with Crippen LogP contribution in [0, 0.1) is 19.8 Å². The number of benzene rings is 1. The topological polar surface area (TPSA) is 72.2 Å². The highest BCUT2D eigenvalue weighted by molar-refractivity contribution is 7.98. The Labute approximate surface area is 157 Å². The van der Waals surface area contributed by atoms with Crippen molar-refractivity contribution < 1.29 is 4.79 Å². The highest BCUT2D eigenvalue weighted by Gasteiger charge is 2.13. The molecule has 136 valence electrons. The molecule has 3 aromatic rings. The summed E-state index contributed by atoms with van der Waals surface area (Å²) in [5.41, 5.74) is 3.60. The number of hydrogen-bond acceptors (Lipinski definition) is 5. The SMILES string of the molecule is Cc1cc(C)n2nc(SCc3ccccc3C(=O)NCC(C)C)nc2n1. The van der Waals surface area contributed by atoms with E-state index in [4.69, 9.17) is 0 Å². The molecule has 2 aromatic heterocycles. The molecule has 0 aliphatic heterocycles. The van der Waals surface area contributed by atoms with E-state index in [1.54, 1.807) is 4.52 Å². The van der Waals surface area contributed by atoms with Crippen molar-refractivity contribution in [2.45, 2.75) is 38.6 Å². The summed E-state index contributed by atoms with van der Waals surface area (Å²) in [7, 11) is 0. The standard InChI is InChI=1S/C19H23N5OS/c1-12(2)10-20-17(25)16-8-6-5-7-15(16)11-26-19-22-18-21-13(3)9-14(4)24(18)23-19/h5-9,12H,10-11H2,1-4H3,(H,20,25). The van der Waals surface area contributed by atoms with Crippen molar-refractivity contribution in [3.05, 3.63) is 52.8 Å². The lowest BCUT2D eigenvalue weighted by Gasteiger charge is -2.10. The van der Waals surface area contributed by atoms with Crippen molar-refractivity contribution in [2.75, 3.05) is 6.54 Å². The van der Waals surface area contributed by atoms with E-state index in [2.05, 4.69) is 34.2 Å². The maximum Gasteiger partial charge on any atom is 0.253 e. The van der Waals surface area contributed by atoms with Crippen LogP contribution in [-0.4, -0.2) is 32.0 Å². The Bertz CT molecular complexity index is 935. The molecule has 0 aliphatic carbocycles. The van der Waals surface area contributed by atoms with Crippen LogP contribution >= 0.6 is 11.8 Å². The van der Waals surface area contributed by atoms with E-state index >= 15 is 0 Å². The van der Waals surface area contributed by atoms with Gasteiger partial charge in [-0.1, -0.05) is 43.8 Å². The molecule has 3 rings (SSSR count). The Morgan fingerprint density at radius 3 is 2.77 bits per heavy atom. The van der Waals surface area contributed by atoms with Gasteiger partial charge in [0.2, 0.25) is 5.16 Å². The van der Waals surface area contributed by atoms with Crippen LogP contribution in [0.2, 0.25) is 0 Å². The van der Waals surface area contributed by atoms with Crippen molar-refractivity contribution in [1.29, 1.82) is 0 Å². The van der Waals surface area contributed by atoms with E-state index in [-0.39, 0.29) is 5.91 Å². The molecule has 0 saturated heterocycles. The normalized spacial score (nSPS) is 11.3. The van der Waals surface area contributed by atoms with Gasteiger partial charge < -0.3 is 5.32 Å². The summed E-state index contributed by atoms with van der Waals surface area (Å²) < 4.78 is 1.75. The summed E-state index contributed by atoms with van der Waals surface area (Å²) in [6.07, 6.45) is 0. The van der Waals surface area contributed by atoms with Gasteiger partial charge in [-0.05, 0) is 37.5 Å². The molecule has 2 heterocycles. The first-order valence-electron chi connectivity index (χ1n) is 8.64. The Morgan fingerprint density at radius 1 is 1.23 bits per heavy atom. The molecule has 0 bridgehead atoms. The first kappa shape index (κ1) is 18.4. The molecule has 0 radical (unpaired) electrons. The van der Waals surface area contributed by atoms with E-state index in [0.29, 0.717) is 34.7 Å². The van der Waals surface area contributed by atoms with Crippen molar-refractivity contribution in [2.24, 2.45) is 5.92 Å². The monoisotopic (exact) mass is 369 g/mol. The zero-order valence-electron chi connectivity index (χ0n) is 15.5. The Balaban J connectivity index is 1.76. The number of nitrogens with zero attached hydrogens (tertiary/aromatic N) is 4. The summed E-state index contributed by atoms with van der Waals surface area (Å²) >= 11 is 1.51. The van der Waals surface area contributed by atoms with Crippen LogP contribution in [-0.2, 0) is 5.75 Å². The molecule has 0 unspecified atom stereocenters. The highest BCUT2D eigenvalue weighted by atomic mass is 32.2. The lowest BCUT2D eigenvalue weighted by Crippen LogP contribution is -2.28. The van der Waals surface area contributed by atoms with E-state index in [9.17, 15) is 4.79 Å². The molecule has 0 spiro atoms. The first-order valence-corrected chi connectivity index (χ1v) is 9.62. The van der Waals surface area contributed by atoms with Crippen molar-refractivity contribution >= 4 is 23.4 Å². The Morgan fingerprint density at radius 2 is 2.00 bits per heavy atom. The zero-order valence-corrected chi connectivity index (χ0v) is 16.3. The number of hydrogen-bond donors (Lipinski definition) is 1. The summed E-state index contributed by atoms with van der Waals surface area (Å²) in [5.74, 6) is 1.61. The molecule has 0 atom stereocenters. The van der Waals surface area contributed by atoms with Gasteiger partial charge in [0.25, 0.3) is 11.7 Å². The van der Waals surface area contributed by atoms with Gasteiger partial charge in [0, 0.05) is 29.2 Å². The van der Waals surface area contributed by atoms with Crippen molar-refractivity contribution in [3.8, 4) is 0 Å². The molecule has 0 saturated carbocycles. The predicted octanol–water partition coefficient (Wildman–Crippen LogP) is 3.42. The maximum atomic E-state index is 12.4. The number of amides is 1. The average Bonchev–Trinajstić information content (AvgIpc) is 3.01. The van der Waals surface area contributed by atoms with E-state index in [1.165, 1.54) is 11.8 Å². The molecule has 6 nitrogen and oxygen atoms in total. The Hall–Kier alpha value is -2.41. The molecule has 1 aromatic carbocycles. The lowest BCUT2D eigenvalue weighted by atomic mass is 10.1. The first-order chi connectivity index (χ1) is 12.4. The summed E-state index contributed by atoms with van der Waals surface area (Å²) in [4.78, 5) is 21.3. The van der Waals surface area contributed by atoms with Gasteiger partial charge in [-0.2, -0.15) is 4.98 Å². The van der Waals surface area contributed by atoms with Crippen molar-refractivity contribution in [1.82, 2.24) is 24.9 Å². The molecule has 1 amide bonds. The average molecular weight is 369 g/mol. The van der Waals surface area contributed by atoms with Gasteiger partial charge in [-0.25, -0.2) is 9.50 Å². The number of fused-ring (bicyclic) bond motifs is 1. The second kappa shape index (κ2) is 7.86. The van der Waals surface area contributed by atoms with Crippen LogP contribution in [0.1, 0.15) is 41.2 Å².